The number of rotatable bonds is 4. The van der Waals surface area contributed by atoms with Gasteiger partial charge in [0.1, 0.15) is 5.75 Å². The Hall–Kier alpha value is -2.78. The Labute approximate surface area is 204 Å². The summed E-state index contributed by atoms with van der Waals surface area (Å²) in [5.41, 5.74) is 7.42. The van der Waals surface area contributed by atoms with Gasteiger partial charge in [-0.25, -0.2) is 0 Å². The van der Waals surface area contributed by atoms with Crippen LogP contribution in [0.3, 0.4) is 0 Å². The van der Waals surface area contributed by atoms with Crippen molar-refractivity contribution in [3.63, 3.8) is 0 Å². The van der Waals surface area contributed by atoms with Crippen LogP contribution >= 0.6 is 0 Å². The molecule has 2 atom stereocenters. The van der Waals surface area contributed by atoms with E-state index in [1.165, 1.54) is 73.5 Å². The van der Waals surface area contributed by atoms with Crippen molar-refractivity contribution < 1.29 is 5.11 Å². The van der Waals surface area contributed by atoms with E-state index in [1.54, 1.807) is 0 Å². The topological polar surface area (TPSA) is 26.7 Å². The predicted molar refractivity (Wildman–Crippen MR) is 140 cm³/mol. The molecule has 3 nitrogen and oxygen atoms in total. The van der Waals surface area contributed by atoms with Gasteiger partial charge in [0.05, 0.1) is 0 Å². The van der Waals surface area contributed by atoms with E-state index < -0.39 is 0 Å². The monoisotopic (exact) mass is 452 g/mol. The van der Waals surface area contributed by atoms with Crippen LogP contribution in [-0.4, -0.2) is 42.7 Å². The van der Waals surface area contributed by atoms with Gasteiger partial charge in [0, 0.05) is 37.8 Å². The zero-order valence-corrected chi connectivity index (χ0v) is 20.3. The quantitative estimate of drug-likeness (QED) is 0.512. The van der Waals surface area contributed by atoms with Crippen LogP contribution in [0.5, 0.6) is 5.75 Å². The first-order chi connectivity index (χ1) is 16.6. The molecule has 3 aliphatic rings. The molecule has 6 rings (SSSR count). The van der Waals surface area contributed by atoms with Gasteiger partial charge in [0.2, 0.25) is 0 Å². The van der Waals surface area contributed by atoms with Gasteiger partial charge < -0.3 is 14.9 Å². The first kappa shape index (κ1) is 21.7. The van der Waals surface area contributed by atoms with Crippen LogP contribution < -0.4 is 4.90 Å². The maximum atomic E-state index is 10.1. The maximum absolute atomic E-state index is 10.1. The molecule has 2 unspecified atom stereocenters. The smallest absolute Gasteiger partial charge is 0.115 e. The lowest BCUT2D eigenvalue weighted by molar-refractivity contribution is -0.0143. The van der Waals surface area contributed by atoms with E-state index >= 15 is 0 Å². The summed E-state index contributed by atoms with van der Waals surface area (Å²) in [5, 5.41) is 10.1. The van der Waals surface area contributed by atoms with E-state index in [-0.39, 0.29) is 0 Å². The predicted octanol–water partition coefficient (Wildman–Crippen LogP) is 6.18. The van der Waals surface area contributed by atoms with Crippen molar-refractivity contribution in [2.75, 3.05) is 37.6 Å². The van der Waals surface area contributed by atoms with Crippen LogP contribution in [0, 0.1) is 5.41 Å². The summed E-state index contributed by atoms with van der Waals surface area (Å²) in [5.74, 6) is 1.15. The maximum Gasteiger partial charge on any atom is 0.115 e. The van der Waals surface area contributed by atoms with Crippen molar-refractivity contribution in [1.29, 1.82) is 0 Å². The number of piperidine rings is 1. The minimum absolute atomic E-state index is 0.320. The summed E-state index contributed by atoms with van der Waals surface area (Å²) in [6.45, 7) is 8.42. The minimum atomic E-state index is 0.320. The number of benzene rings is 3. The van der Waals surface area contributed by atoms with E-state index in [9.17, 15) is 5.11 Å². The van der Waals surface area contributed by atoms with Crippen molar-refractivity contribution in [3.05, 3.63) is 95.1 Å². The van der Waals surface area contributed by atoms with E-state index in [0.717, 1.165) is 12.8 Å². The largest absolute Gasteiger partial charge is 0.508 e. The Morgan fingerprint density at radius 1 is 0.882 bits per heavy atom. The zero-order valence-electron chi connectivity index (χ0n) is 20.3. The number of nitrogens with zero attached hydrogens (tertiary/aromatic N) is 2. The molecule has 3 aromatic rings. The van der Waals surface area contributed by atoms with Crippen molar-refractivity contribution >= 4 is 5.69 Å². The molecule has 176 valence electrons. The van der Waals surface area contributed by atoms with Gasteiger partial charge in [-0.2, -0.15) is 0 Å². The highest BCUT2D eigenvalue weighted by atomic mass is 16.3. The van der Waals surface area contributed by atoms with Gasteiger partial charge in [-0.1, -0.05) is 55.5 Å². The van der Waals surface area contributed by atoms with Crippen LogP contribution in [-0.2, 0) is 6.42 Å². The number of fused-ring (bicyclic) bond motifs is 1. The summed E-state index contributed by atoms with van der Waals surface area (Å²) >= 11 is 0. The van der Waals surface area contributed by atoms with Crippen molar-refractivity contribution in [1.82, 2.24) is 4.90 Å². The van der Waals surface area contributed by atoms with E-state index in [0.29, 0.717) is 23.0 Å². The van der Waals surface area contributed by atoms with Crippen molar-refractivity contribution in [3.8, 4) is 5.75 Å². The number of aromatic hydroxyl groups is 1. The lowest BCUT2D eigenvalue weighted by atomic mass is 9.69. The molecule has 0 aromatic heterocycles. The van der Waals surface area contributed by atoms with E-state index in [1.807, 2.05) is 12.1 Å². The molecule has 1 aliphatic carbocycles. The molecule has 2 saturated heterocycles. The van der Waals surface area contributed by atoms with Crippen LogP contribution in [0.25, 0.3) is 0 Å². The molecule has 2 heterocycles. The number of hydrogen-bond donors (Lipinski definition) is 1. The van der Waals surface area contributed by atoms with Crippen molar-refractivity contribution in [2.45, 2.75) is 44.4 Å². The number of aryl methyl sites for hydroxylation is 1. The Morgan fingerprint density at radius 2 is 1.62 bits per heavy atom. The van der Waals surface area contributed by atoms with Gasteiger partial charge in [0.15, 0.2) is 0 Å². The minimum Gasteiger partial charge on any atom is -0.508 e. The molecule has 0 amide bonds. The Morgan fingerprint density at radius 3 is 2.32 bits per heavy atom. The summed E-state index contributed by atoms with van der Waals surface area (Å²) in [6.07, 6.45) is 4.76. The summed E-state index contributed by atoms with van der Waals surface area (Å²) < 4.78 is 0. The fourth-order valence-corrected chi connectivity index (χ4v) is 6.85. The molecule has 0 bridgehead atoms. The number of likely N-dealkylation sites (tertiary alicyclic amines) is 1. The normalized spacial score (nSPS) is 24.0. The summed E-state index contributed by atoms with van der Waals surface area (Å²) in [6, 6.07) is 26.4. The number of hydrogen-bond acceptors (Lipinski definition) is 3. The first-order valence-electron chi connectivity index (χ1n) is 13.1. The van der Waals surface area contributed by atoms with Crippen LogP contribution in [0.4, 0.5) is 5.69 Å². The third-order valence-electron chi connectivity index (χ3n) is 8.82. The van der Waals surface area contributed by atoms with Gasteiger partial charge in [-0.3, -0.25) is 0 Å². The van der Waals surface area contributed by atoms with Crippen LogP contribution in [0.15, 0.2) is 72.8 Å². The van der Waals surface area contributed by atoms with Gasteiger partial charge in [-0.15, -0.1) is 0 Å². The fourth-order valence-electron chi connectivity index (χ4n) is 6.85. The number of phenols is 1. The van der Waals surface area contributed by atoms with Gasteiger partial charge in [-0.05, 0) is 90.1 Å². The van der Waals surface area contributed by atoms with Gasteiger partial charge >= 0.3 is 0 Å². The van der Waals surface area contributed by atoms with Gasteiger partial charge in [0.25, 0.3) is 0 Å². The Balaban J connectivity index is 1.25. The first-order valence-corrected chi connectivity index (χ1v) is 13.1. The molecule has 1 spiro atoms. The SMILES string of the molecule is CCN1CC2(CCN(c3ccc(C4c5ccc(O)cc5CCC4c4ccccc4)cc3)CC2)C1. The third-order valence-corrected chi connectivity index (χ3v) is 8.82. The van der Waals surface area contributed by atoms with E-state index in [2.05, 4.69) is 77.4 Å². The highest BCUT2D eigenvalue weighted by Crippen LogP contribution is 2.47. The molecule has 0 radical (unpaired) electrons. The third kappa shape index (κ3) is 3.90. The molecular weight excluding hydrogens is 416 g/mol. The van der Waals surface area contributed by atoms with E-state index in [4.69, 9.17) is 0 Å². The molecule has 1 N–H and O–H groups in total. The average molecular weight is 453 g/mol. The number of phenolic OH excluding ortho intramolecular Hbond substituents is 1. The highest BCUT2D eigenvalue weighted by Gasteiger charge is 2.44. The second-order valence-corrected chi connectivity index (χ2v) is 10.8. The molecule has 0 saturated carbocycles. The molecule has 2 aliphatic heterocycles. The Bertz CT molecular complexity index is 1120. The Kier molecular flexibility index (Phi) is 5.61. The standard InChI is InChI=1S/C31H36N2O/c1-2-32-21-31(22-32)16-18-33(19-17-31)26-11-8-24(9-12-26)30-28(23-6-4-3-5-7-23)14-10-25-20-27(34)13-15-29(25)30/h3-9,11-13,15,20,28,30,34H,2,10,14,16-19,21-22H2,1H3. The van der Waals surface area contributed by atoms with Crippen LogP contribution in [0.1, 0.15) is 60.3 Å². The highest BCUT2D eigenvalue weighted by molar-refractivity contribution is 5.52. The molecule has 3 aromatic carbocycles. The average Bonchev–Trinajstić information content (AvgIpc) is 2.87. The van der Waals surface area contributed by atoms with Crippen LogP contribution in [0.2, 0.25) is 0 Å². The second-order valence-electron chi connectivity index (χ2n) is 10.8. The summed E-state index contributed by atoms with van der Waals surface area (Å²) in [7, 11) is 0. The molecule has 2 fully saturated rings. The number of anilines is 1. The second kappa shape index (κ2) is 8.78. The fraction of sp³-hybridized carbons (Fsp3) is 0.419. The molecular formula is C31H36N2O. The summed E-state index contributed by atoms with van der Waals surface area (Å²) in [4.78, 5) is 5.17. The molecule has 34 heavy (non-hydrogen) atoms. The lowest BCUT2D eigenvalue weighted by Crippen LogP contribution is -2.60. The van der Waals surface area contributed by atoms with Crippen molar-refractivity contribution in [2.24, 2.45) is 5.41 Å². The zero-order chi connectivity index (χ0) is 23.1. The lowest BCUT2D eigenvalue weighted by Gasteiger charge is -2.54. The molecule has 3 heteroatoms.